The Hall–Kier alpha value is -3.02. The number of carbonyl (C=O) groups excluding carboxylic acids is 1. The Morgan fingerprint density at radius 3 is 2.34 bits per heavy atom. The van der Waals surface area contributed by atoms with Gasteiger partial charge >= 0.3 is 6.36 Å². The lowest BCUT2D eigenvalue weighted by atomic mass is 10.0. The fourth-order valence-electron chi connectivity index (χ4n) is 4.53. The lowest BCUT2D eigenvalue weighted by Crippen LogP contribution is -2.51. The van der Waals surface area contributed by atoms with Gasteiger partial charge in [-0.15, -0.1) is 50.4 Å². The predicted octanol–water partition coefficient (Wildman–Crippen LogP) is 6.92. The largest absolute Gasteiger partial charge is 0.573 e. The molecule has 0 saturated carbocycles. The van der Waals surface area contributed by atoms with Crippen LogP contribution >= 0.6 is 48.8 Å². The molecule has 1 amide bonds. The van der Waals surface area contributed by atoms with Gasteiger partial charge in [0.15, 0.2) is 0 Å². The Balaban J connectivity index is 0.00000196. The lowest BCUT2D eigenvalue weighted by molar-refractivity contribution is -0.274. The summed E-state index contributed by atoms with van der Waals surface area (Å²) >= 11 is 6.12. The summed E-state index contributed by atoms with van der Waals surface area (Å²) in [7, 11) is 0. The predicted molar refractivity (Wildman–Crippen MR) is 159 cm³/mol. The minimum Gasteiger partial charge on any atom is -0.406 e. The van der Waals surface area contributed by atoms with Crippen LogP contribution < -0.4 is 9.64 Å². The van der Waals surface area contributed by atoms with Gasteiger partial charge in [-0.1, -0.05) is 23.7 Å². The van der Waals surface area contributed by atoms with Gasteiger partial charge in [0, 0.05) is 41.8 Å². The first-order valence-electron chi connectivity index (χ1n) is 11.8. The van der Waals surface area contributed by atoms with Gasteiger partial charge in [0.1, 0.15) is 5.75 Å². The van der Waals surface area contributed by atoms with Crippen molar-refractivity contribution < 1.29 is 22.7 Å². The molecular formula is C27H26Cl4F3N5O2. The molecule has 1 saturated heterocycles. The SMILES string of the molecule is Cl.Cl.Cl.O=C1CN(C(Cc2ccc(-c3ccc(OC(F)(F)F)cc3)nc2)c2cnc[nH]2)CCN1c1cccc(Cl)c1. The van der Waals surface area contributed by atoms with Gasteiger partial charge < -0.3 is 14.6 Å². The van der Waals surface area contributed by atoms with E-state index in [-0.39, 0.29) is 61.5 Å². The molecule has 5 rings (SSSR count). The molecule has 0 bridgehead atoms. The Labute approximate surface area is 258 Å². The summed E-state index contributed by atoms with van der Waals surface area (Å²) in [4.78, 5) is 28.8. The molecule has 1 fully saturated rings. The number of hydrogen-bond donors (Lipinski definition) is 1. The number of amides is 1. The van der Waals surface area contributed by atoms with Gasteiger partial charge in [-0.2, -0.15) is 0 Å². The third-order valence-electron chi connectivity index (χ3n) is 6.33. The monoisotopic (exact) mass is 649 g/mol. The second kappa shape index (κ2) is 14.7. The molecule has 0 aliphatic carbocycles. The molecule has 14 heteroatoms. The average molecular weight is 651 g/mol. The maximum Gasteiger partial charge on any atom is 0.573 e. The van der Waals surface area contributed by atoms with E-state index in [9.17, 15) is 18.0 Å². The van der Waals surface area contributed by atoms with Crippen LogP contribution in [0, 0.1) is 0 Å². The maximum absolute atomic E-state index is 13.1. The van der Waals surface area contributed by atoms with Crippen LogP contribution in [0.1, 0.15) is 17.3 Å². The van der Waals surface area contributed by atoms with E-state index in [1.807, 2.05) is 24.3 Å². The first-order chi connectivity index (χ1) is 18.2. The number of piperazine rings is 1. The molecule has 1 atom stereocenters. The number of rotatable bonds is 7. The molecule has 1 aliphatic rings. The number of alkyl halides is 3. The zero-order valence-corrected chi connectivity index (χ0v) is 24.5. The molecular weight excluding hydrogens is 625 g/mol. The quantitative estimate of drug-likeness (QED) is 0.235. The highest BCUT2D eigenvalue weighted by molar-refractivity contribution is 6.30. The van der Waals surface area contributed by atoms with Crippen LogP contribution in [0.5, 0.6) is 5.75 Å². The molecule has 41 heavy (non-hydrogen) atoms. The number of benzene rings is 2. The van der Waals surface area contributed by atoms with Crippen LogP contribution in [0.3, 0.4) is 0 Å². The van der Waals surface area contributed by atoms with Crippen molar-refractivity contribution in [1.82, 2.24) is 19.9 Å². The molecule has 0 radical (unpaired) electrons. The molecule has 3 heterocycles. The van der Waals surface area contributed by atoms with Gasteiger partial charge in [-0.05, 0) is 60.5 Å². The highest BCUT2D eigenvalue weighted by atomic mass is 35.5. The van der Waals surface area contributed by atoms with Crippen molar-refractivity contribution in [2.24, 2.45) is 0 Å². The van der Waals surface area contributed by atoms with Crippen LogP contribution in [0.15, 0.2) is 79.4 Å². The van der Waals surface area contributed by atoms with Crippen molar-refractivity contribution >= 4 is 60.4 Å². The molecule has 2 aromatic heterocycles. The topological polar surface area (TPSA) is 74.4 Å². The van der Waals surface area contributed by atoms with Crippen molar-refractivity contribution in [3.63, 3.8) is 0 Å². The second-order valence-corrected chi connectivity index (χ2v) is 9.28. The molecule has 1 aliphatic heterocycles. The number of nitrogens with zero attached hydrogens (tertiary/aromatic N) is 4. The van der Waals surface area contributed by atoms with E-state index in [1.165, 1.54) is 24.3 Å². The number of halogens is 7. The third kappa shape index (κ3) is 8.73. The summed E-state index contributed by atoms with van der Waals surface area (Å²) in [5.74, 6) is -0.306. The number of hydrogen-bond acceptors (Lipinski definition) is 5. The number of imidazole rings is 1. The number of carbonyl (C=O) groups is 1. The zero-order valence-electron chi connectivity index (χ0n) is 21.3. The summed E-state index contributed by atoms with van der Waals surface area (Å²) in [6.07, 6.45) is 0.949. The molecule has 4 aromatic rings. The van der Waals surface area contributed by atoms with Gasteiger partial charge in [0.2, 0.25) is 5.91 Å². The number of aromatic amines is 1. The summed E-state index contributed by atoms with van der Waals surface area (Å²) in [5.41, 5.74) is 3.89. The fourth-order valence-corrected chi connectivity index (χ4v) is 4.71. The molecule has 7 nitrogen and oxygen atoms in total. The number of ether oxygens (including phenoxy) is 1. The zero-order chi connectivity index (χ0) is 26.7. The number of H-pyrrole nitrogens is 1. The van der Waals surface area contributed by atoms with Crippen molar-refractivity contribution in [3.8, 4) is 17.0 Å². The fraction of sp³-hybridized carbons (Fsp3) is 0.222. The molecule has 1 unspecified atom stereocenters. The first kappa shape index (κ1) is 34.2. The summed E-state index contributed by atoms with van der Waals surface area (Å²) < 4.78 is 41.2. The Morgan fingerprint density at radius 2 is 1.76 bits per heavy atom. The Kier molecular flexibility index (Phi) is 12.3. The van der Waals surface area contributed by atoms with E-state index in [4.69, 9.17) is 11.6 Å². The molecule has 220 valence electrons. The smallest absolute Gasteiger partial charge is 0.406 e. The van der Waals surface area contributed by atoms with Crippen LogP contribution in [0.2, 0.25) is 5.02 Å². The molecule has 1 N–H and O–H groups in total. The lowest BCUT2D eigenvalue weighted by Gasteiger charge is -2.38. The van der Waals surface area contributed by atoms with Crippen molar-refractivity contribution in [3.05, 3.63) is 95.7 Å². The second-order valence-electron chi connectivity index (χ2n) is 8.85. The Morgan fingerprint density at radius 1 is 1.00 bits per heavy atom. The van der Waals surface area contributed by atoms with Gasteiger partial charge in [-0.3, -0.25) is 14.7 Å². The molecule has 0 spiro atoms. The highest BCUT2D eigenvalue weighted by Crippen LogP contribution is 2.29. The average Bonchev–Trinajstić information content (AvgIpc) is 3.42. The Bertz CT molecular complexity index is 1390. The summed E-state index contributed by atoms with van der Waals surface area (Å²) in [5, 5.41) is 0.578. The van der Waals surface area contributed by atoms with Crippen molar-refractivity contribution in [2.45, 2.75) is 18.8 Å². The normalized spacial score (nSPS) is 14.3. The van der Waals surface area contributed by atoms with E-state index in [1.54, 1.807) is 35.8 Å². The van der Waals surface area contributed by atoms with Crippen LogP contribution in [0.4, 0.5) is 18.9 Å². The number of anilines is 1. The molecule has 2 aromatic carbocycles. The van der Waals surface area contributed by atoms with Gasteiger partial charge in [0.25, 0.3) is 0 Å². The highest BCUT2D eigenvalue weighted by Gasteiger charge is 2.32. The van der Waals surface area contributed by atoms with Crippen molar-refractivity contribution in [1.29, 1.82) is 0 Å². The minimum atomic E-state index is -4.74. The van der Waals surface area contributed by atoms with Crippen molar-refractivity contribution in [2.75, 3.05) is 24.5 Å². The number of aromatic nitrogens is 3. The summed E-state index contributed by atoms with van der Waals surface area (Å²) in [6.45, 7) is 1.41. The van der Waals surface area contributed by atoms with Gasteiger partial charge in [0.05, 0.1) is 30.3 Å². The summed E-state index contributed by atoms with van der Waals surface area (Å²) in [6, 6.07) is 16.4. The standard InChI is InChI=1S/C27H23ClF3N5O2.3ClH/c28-20-2-1-3-21(13-20)36-11-10-35(16-26(36)37)25(24-15-32-17-34-24)12-18-4-9-23(33-14-18)19-5-7-22(8-6-19)38-27(29,30)31;;;/h1-9,13-15,17,25H,10-12,16H2,(H,32,34);3*1H. The van der Waals surface area contributed by atoms with E-state index in [2.05, 4.69) is 24.6 Å². The van der Waals surface area contributed by atoms with Crippen LogP contribution in [-0.4, -0.2) is 51.8 Å². The van der Waals surface area contributed by atoms with E-state index >= 15 is 0 Å². The first-order valence-corrected chi connectivity index (χ1v) is 12.2. The third-order valence-corrected chi connectivity index (χ3v) is 6.56. The van der Waals surface area contributed by atoms with E-state index < -0.39 is 6.36 Å². The number of nitrogens with one attached hydrogen (secondary N) is 1. The van der Waals surface area contributed by atoms with Gasteiger partial charge in [-0.25, -0.2) is 4.98 Å². The minimum absolute atomic E-state index is 0. The van der Waals surface area contributed by atoms with E-state index in [0.29, 0.717) is 35.8 Å². The maximum atomic E-state index is 13.1. The van der Waals surface area contributed by atoms with Crippen LogP contribution in [0.25, 0.3) is 11.3 Å². The number of pyridine rings is 1. The van der Waals surface area contributed by atoms with Crippen LogP contribution in [-0.2, 0) is 11.2 Å². The van der Waals surface area contributed by atoms with E-state index in [0.717, 1.165) is 16.9 Å².